The molecule has 0 spiro atoms. The van der Waals surface area contributed by atoms with Crippen LogP contribution in [0.4, 0.5) is 19.1 Å². The summed E-state index contributed by atoms with van der Waals surface area (Å²) in [6, 6.07) is 13.6. The van der Waals surface area contributed by atoms with Gasteiger partial charge in [-0.2, -0.15) is 13.2 Å². The third-order valence-electron chi connectivity index (χ3n) is 6.07. The zero-order valence-corrected chi connectivity index (χ0v) is 19.1. The van der Waals surface area contributed by atoms with Crippen LogP contribution in [-0.4, -0.2) is 26.3 Å². The Balaban J connectivity index is 1.48. The molecule has 2 aromatic carbocycles. The Morgan fingerprint density at radius 3 is 2.64 bits per heavy atom. The molecule has 10 heteroatoms. The van der Waals surface area contributed by atoms with Crippen LogP contribution < -0.4 is 5.32 Å². The average Bonchev–Trinajstić information content (AvgIpc) is 3.46. The molecule has 1 aliphatic rings. The second-order valence-electron chi connectivity index (χ2n) is 8.44. The van der Waals surface area contributed by atoms with Crippen LogP contribution >= 0.6 is 0 Å². The lowest BCUT2D eigenvalue weighted by molar-refractivity contribution is -0.137. The van der Waals surface area contributed by atoms with Crippen molar-refractivity contribution in [2.75, 3.05) is 5.32 Å². The van der Waals surface area contributed by atoms with E-state index in [0.717, 1.165) is 23.3 Å². The molecule has 0 saturated carbocycles. The fourth-order valence-corrected chi connectivity index (χ4v) is 4.38. The van der Waals surface area contributed by atoms with E-state index in [9.17, 15) is 22.8 Å². The Hall–Kier alpha value is -4.34. The molecule has 4 aromatic rings. The van der Waals surface area contributed by atoms with E-state index >= 15 is 0 Å². The number of carbonyl (C=O) groups excluding carboxylic acids is 2. The maximum atomic E-state index is 13.3. The molecule has 0 fully saturated rings. The van der Waals surface area contributed by atoms with Crippen molar-refractivity contribution < 1.29 is 27.2 Å². The summed E-state index contributed by atoms with van der Waals surface area (Å²) >= 11 is 0. The molecule has 1 atom stereocenters. The fourth-order valence-electron chi connectivity index (χ4n) is 4.38. The first kappa shape index (κ1) is 23.4. The first-order valence-electron chi connectivity index (χ1n) is 11.2. The van der Waals surface area contributed by atoms with Gasteiger partial charge in [0, 0.05) is 13.1 Å². The highest BCUT2D eigenvalue weighted by atomic mass is 19.4. The minimum atomic E-state index is -4.53. The minimum absolute atomic E-state index is 0.0707. The highest BCUT2D eigenvalue weighted by Gasteiger charge is 2.32. The lowest BCUT2D eigenvalue weighted by Gasteiger charge is -2.32. The van der Waals surface area contributed by atoms with Crippen molar-refractivity contribution in [3.05, 3.63) is 89.5 Å². The fraction of sp³-hybridized carbons (Fsp3) is 0.192. The number of fused-ring (bicyclic) bond motifs is 2. The summed E-state index contributed by atoms with van der Waals surface area (Å²) < 4.78 is 46.8. The number of halogens is 3. The van der Waals surface area contributed by atoms with Gasteiger partial charge in [0.25, 0.3) is 0 Å². The van der Waals surface area contributed by atoms with Gasteiger partial charge < -0.3 is 13.9 Å². The normalized spacial score (nSPS) is 15.2. The predicted molar refractivity (Wildman–Crippen MR) is 127 cm³/mol. The number of benzene rings is 2. The number of furan rings is 1. The van der Waals surface area contributed by atoms with Gasteiger partial charge in [0.15, 0.2) is 0 Å². The smallest absolute Gasteiger partial charge is 0.416 e. The molecule has 1 unspecified atom stereocenters. The molecule has 2 amide bonds. The van der Waals surface area contributed by atoms with Crippen LogP contribution in [0.3, 0.4) is 0 Å². The van der Waals surface area contributed by atoms with Gasteiger partial charge in [-0.05, 0) is 47.5 Å². The summed E-state index contributed by atoms with van der Waals surface area (Å²) in [6.45, 7) is 1.57. The van der Waals surface area contributed by atoms with Gasteiger partial charge in [0.2, 0.25) is 17.8 Å². The van der Waals surface area contributed by atoms with Gasteiger partial charge in [0.1, 0.15) is 5.76 Å². The third-order valence-corrected chi connectivity index (χ3v) is 6.07. The molecule has 3 heterocycles. The van der Waals surface area contributed by atoms with Crippen molar-refractivity contribution in [1.82, 2.24) is 14.5 Å². The number of amides is 2. The summed E-state index contributed by atoms with van der Waals surface area (Å²) in [5.41, 5.74) is 1.38. The van der Waals surface area contributed by atoms with E-state index in [1.54, 1.807) is 22.9 Å². The summed E-state index contributed by atoms with van der Waals surface area (Å²) in [6.07, 6.45) is 0.345. The van der Waals surface area contributed by atoms with Crippen molar-refractivity contribution in [2.24, 2.45) is 0 Å². The van der Waals surface area contributed by atoms with Gasteiger partial charge in [0.05, 0.1) is 41.9 Å². The Kier molecular flexibility index (Phi) is 5.87. The van der Waals surface area contributed by atoms with Crippen LogP contribution in [0, 0.1) is 0 Å². The molecule has 184 valence electrons. The molecule has 2 aromatic heterocycles. The zero-order chi connectivity index (χ0) is 25.4. The summed E-state index contributed by atoms with van der Waals surface area (Å²) in [4.78, 5) is 31.2. The largest absolute Gasteiger partial charge is 0.467 e. The molecule has 0 aliphatic carbocycles. The standard InChI is InChI=1S/C26H21F3N4O3/c1-16(34)32-11-10-17-5-2-3-7-20(17)23(32)14-24(35)31-25-30-21-13-18(26(27,28)29)8-9-22(21)33(25)15-19-6-4-12-36-19/h2-13,23H,14-15H2,1H3,(H,30,31,35). The number of nitrogens with one attached hydrogen (secondary N) is 1. The number of hydrogen-bond donors (Lipinski definition) is 1. The van der Waals surface area contributed by atoms with Crippen molar-refractivity contribution in [3.63, 3.8) is 0 Å². The highest BCUT2D eigenvalue weighted by molar-refractivity contribution is 5.93. The van der Waals surface area contributed by atoms with Crippen LogP contribution in [0.15, 0.2) is 71.5 Å². The summed E-state index contributed by atoms with van der Waals surface area (Å²) in [5.74, 6) is -0.0368. The average molecular weight is 494 g/mol. The van der Waals surface area contributed by atoms with Crippen molar-refractivity contribution in [2.45, 2.75) is 32.1 Å². The van der Waals surface area contributed by atoms with Gasteiger partial charge in [-0.1, -0.05) is 24.3 Å². The first-order chi connectivity index (χ1) is 17.2. The Morgan fingerprint density at radius 2 is 1.92 bits per heavy atom. The lowest BCUT2D eigenvalue weighted by Crippen LogP contribution is -2.33. The maximum Gasteiger partial charge on any atom is 0.416 e. The number of alkyl halides is 3. The van der Waals surface area contributed by atoms with Gasteiger partial charge >= 0.3 is 6.18 Å². The predicted octanol–water partition coefficient (Wildman–Crippen LogP) is 5.60. The van der Waals surface area contributed by atoms with Crippen LogP contribution in [0.5, 0.6) is 0 Å². The Labute approximate surface area is 203 Å². The van der Waals surface area contributed by atoms with E-state index in [-0.39, 0.29) is 30.3 Å². The first-order valence-corrected chi connectivity index (χ1v) is 11.2. The van der Waals surface area contributed by atoms with E-state index in [0.29, 0.717) is 11.3 Å². The van der Waals surface area contributed by atoms with Crippen LogP contribution in [0.25, 0.3) is 17.1 Å². The molecule has 0 saturated heterocycles. The number of carbonyl (C=O) groups is 2. The quantitative estimate of drug-likeness (QED) is 0.392. The number of anilines is 1. The number of rotatable bonds is 5. The van der Waals surface area contributed by atoms with Gasteiger partial charge in [-0.3, -0.25) is 14.9 Å². The molecule has 1 N–H and O–H groups in total. The van der Waals surface area contributed by atoms with Crippen LogP contribution in [0.1, 0.15) is 41.8 Å². The third kappa shape index (κ3) is 4.49. The van der Waals surface area contributed by atoms with Crippen molar-refractivity contribution in [3.8, 4) is 0 Å². The second kappa shape index (κ2) is 9.03. The summed E-state index contributed by atoms with van der Waals surface area (Å²) in [7, 11) is 0. The Morgan fingerprint density at radius 1 is 1.11 bits per heavy atom. The molecule has 0 bridgehead atoms. The molecule has 0 radical (unpaired) electrons. The van der Waals surface area contributed by atoms with E-state index in [1.165, 1.54) is 24.2 Å². The van der Waals surface area contributed by atoms with Crippen molar-refractivity contribution >= 4 is 34.9 Å². The van der Waals surface area contributed by atoms with Crippen molar-refractivity contribution in [1.29, 1.82) is 0 Å². The molecule has 36 heavy (non-hydrogen) atoms. The second-order valence-corrected chi connectivity index (χ2v) is 8.44. The number of imidazole rings is 1. The van der Waals surface area contributed by atoms with Crippen LogP contribution in [-0.2, 0) is 22.3 Å². The number of nitrogens with zero attached hydrogens (tertiary/aromatic N) is 3. The molecule has 7 nitrogen and oxygen atoms in total. The monoisotopic (exact) mass is 494 g/mol. The molecular weight excluding hydrogens is 473 g/mol. The molecule has 5 rings (SSSR count). The molecule has 1 aliphatic heterocycles. The summed E-state index contributed by atoms with van der Waals surface area (Å²) in [5, 5.41) is 2.74. The van der Waals surface area contributed by atoms with E-state index < -0.39 is 23.7 Å². The van der Waals surface area contributed by atoms with Gasteiger partial charge in [-0.25, -0.2) is 4.98 Å². The number of hydrogen-bond acceptors (Lipinski definition) is 4. The number of aromatic nitrogens is 2. The lowest BCUT2D eigenvalue weighted by atomic mass is 9.93. The van der Waals surface area contributed by atoms with E-state index in [1.807, 2.05) is 30.3 Å². The zero-order valence-electron chi connectivity index (χ0n) is 19.1. The Bertz CT molecular complexity index is 1470. The highest BCUT2D eigenvalue weighted by Crippen LogP contribution is 2.34. The minimum Gasteiger partial charge on any atom is -0.467 e. The molecular formula is C26H21F3N4O3. The topological polar surface area (TPSA) is 80.4 Å². The van der Waals surface area contributed by atoms with Crippen LogP contribution in [0.2, 0.25) is 0 Å². The maximum absolute atomic E-state index is 13.3. The van der Waals surface area contributed by atoms with E-state index in [2.05, 4.69) is 10.3 Å². The SMILES string of the molecule is CC(=O)N1C=Cc2ccccc2C1CC(=O)Nc1nc2cc(C(F)(F)F)ccc2n1Cc1ccco1. The van der Waals surface area contributed by atoms with E-state index in [4.69, 9.17) is 4.42 Å². The van der Waals surface area contributed by atoms with Gasteiger partial charge in [-0.15, -0.1) is 0 Å².